The van der Waals surface area contributed by atoms with E-state index in [1.807, 2.05) is 42.3 Å². The van der Waals surface area contributed by atoms with E-state index in [2.05, 4.69) is 22.2 Å². The lowest BCUT2D eigenvalue weighted by atomic mass is 10.2. The summed E-state index contributed by atoms with van der Waals surface area (Å²) in [7, 11) is 5.34. The summed E-state index contributed by atoms with van der Waals surface area (Å²) in [6.45, 7) is 5.33. The quantitative estimate of drug-likeness (QED) is 0.165. The molecule has 0 aliphatic rings. The maximum absolute atomic E-state index is 12.0. The molecule has 2 N–H and O–H groups in total. The van der Waals surface area contributed by atoms with Crippen molar-refractivity contribution < 1.29 is 9.53 Å². The topological polar surface area (TPSA) is 66.0 Å². The highest BCUT2D eigenvalue weighted by Gasteiger charge is 2.08. The van der Waals surface area contributed by atoms with Gasteiger partial charge in [-0.2, -0.15) is 0 Å². The largest absolute Gasteiger partial charge is 0.497 e. The van der Waals surface area contributed by atoms with Gasteiger partial charge >= 0.3 is 0 Å². The van der Waals surface area contributed by atoms with Gasteiger partial charge in [-0.15, -0.1) is 30.6 Å². The molecule has 0 saturated carbocycles. The van der Waals surface area contributed by atoms with E-state index in [4.69, 9.17) is 4.74 Å². The molecule has 0 aliphatic carbocycles. The highest BCUT2D eigenvalue weighted by atomic mass is 127. The second-order valence-corrected chi connectivity index (χ2v) is 6.09. The number of halogens is 1. The van der Waals surface area contributed by atoms with E-state index in [-0.39, 0.29) is 36.4 Å². The minimum Gasteiger partial charge on any atom is -0.497 e. The molecule has 0 atom stereocenters. The van der Waals surface area contributed by atoms with E-state index in [0.29, 0.717) is 6.54 Å². The summed E-state index contributed by atoms with van der Waals surface area (Å²) in [5.74, 6) is 1.47. The number of allylic oxidation sites excluding steroid dienone is 1. The minimum absolute atomic E-state index is 0. The molecule has 0 heterocycles. The first kappa shape index (κ1) is 25.2. The minimum atomic E-state index is -0.0682. The zero-order valence-electron chi connectivity index (χ0n) is 16.7. The van der Waals surface area contributed by atoms with Crippen molar-refractivity contribution in [3.63, 3.8) is 0 Å². The van der Waals surface area contributed by atoms with Crippen molar-refractivity contribution in [2.24, 2.45) is 4.99 Å². The normalized spacial score (nSPS) is 10.6. The molecule has 27 heavy (non-hydrogen) atoms. The van der Waals surface area contributed by atoms with Gasteiger partial charge in [-0.25, -0.2) is 0 Å². The van der Waals surface area contributed by atoms with Gasteiger partial charge in [0.25, 0.3) is 0 Å². The Morgan fingerprint density at radius 1 is 1.22 bits per heavy atom. The zero-order chi connectivity index (χ0) is 19.2. The lowest BCUT2D eigenvalue weighted by Gasteiger charge is -2.21. The van der Waals surface area contributed by atoms with Crippen LogP contribution in [0.2, 0.25) is 0 Å². The number of ether oxygens (including phenoxy) is 1. The van der Waals surface area contributed by atoms with Gasteiger partial charge in [0.05, 0.1) is 13.7 Å². The summed E-state index contributed by atoms with van der Waals surface area (Å²) < 4.78 is 5.12. The van der Waals surface area contributed by atoms with Gasteiger partial charge in [-0.1, -0.05) is 24.6 Å². The van der Waals surface area contributed by atoms with Crippen molar-refractivity contribution in [1.29, 1.82) is 0 Å². The first-order valence-electron chi connectivity index (χ1n) is 9.03. The third-order valence-electron chi connectivity index (χ3n) is 4.03. The molecule has 0 fully saturated rings. The molecule has 0 radical (unpaired) electrons. The van der Waals surface area contributed by atoms with Crippen LogP contribution in [-0.4, -0.2) is 51.1 Å². The number of methoxy groups -OCH3 is 1. The summed E-state index contributed by atoms with van der Waals surface area (Å²) in [4.78, 5) is 18.3. The van der Waals surface area contributed by atoms with Crippen molar-refractivity contribution in [3.05, 3.63) is 42.5 Å². The van der Waals surface area contributed by atoms with Crippen LogP contribution in [0.1, 0.15) is 31.2 Å². The van der Waals surface area contributed by atoms with Crippen molar-refractivity contribution in [2.75, 3.05) is 34.3 Å². The second-order valence-electron chi connectivity index (χ2n) is 6.09. The van der Waals surface area contributed by atoms with Crippen LogP contribution in [0.25, 0.3) is 0 Å². The Hall–Kier alpha value is -1.77. The molecule has 0 saturated heterocycles. The third kappa shape index (κ3) is 10.8. The number of aliphatic imine (C=N–C) groups is 1. The van der Waals surface area contributed by atoms with E-state index < -0.39 is 0 Å². The number of hydrogen-bond acceptors (Lipinski definition) is 3. The van der Waals surface area contributed by atoms with Gasteiger partial charge in [0.2, 0.25) is 5.91 Å². The molecule has 1 aromatic carbocycles. The molecular weight excluding hydrogens is 455 g/mol. The Bertz CT molecular complexity index is 576. The van der Waals surface area contributed by atoms with E-state index in [0.717, 1.165) is 49.5 Å². The van der Waals surface area contributed by atoms with E-state index in [9.17, 15) is 4.79 Å². The number of carbonyl (C=O) groups excluding carboxylic acids is 1. The second kappa shape index (κ2) is 15.3. The fraction of sp³-hybridized carbons (Fsp3) is 0.500. The number of rotatable bonds is 11. The number of hydrogen-bond donors (Lipinski definition) is 2. The number of carbonyl (C=O) groups is 1. The number of guanidine groups is 1. The smallest absolute Gasteiger partial charge is 0.239 e. The SMILES string of the molecule is C=CCCCCCN(C)C(=NC)NCC(=O)NCc1ccc(OC)cc1.I. The molecule has 0 unspecified atom stereocenters. The van der Waals surface area contributed by atoms with Crippen LogP contribution in [0, 0.1) is 0 Å². The van der Waals surface area contributed by atoms with Crippen LogP contribution in [0.4, 0.5) is 0 Å². The maximum atomic E-state index is 12.0. The number of benzene rings is 1. The van der Waals surface area contributed by atoms with Gasteiger partial charge in [0.15, 0.2) is 5.96 Å². The fourth-order valence-corrected chi connectivity index (χ4v) is 2.47. The Kier molecular flexibility index (Phi) is 14.3. The Morgan fingerprint density at radius 3 is 2.52 bits per heavy atom. The van der Waals surface area contributed by atoms with Crippen LogP contribution in [0.3, 0.4) is 0 Å². The summed E-state index contributed by atoms with van der Waals surface area (Å²) in [6.07, 6.45) is 6.43. The number of nitrogens with zero attached hydrogens (tertiary/aromatic N) is 2. The number of nitrogens with one attached hydrogen (secondary N) is 2. The first-order chi connectivity index (χ1) is 12.6. The van der Waals surface area contributed by atoms with Crippen LogP contribution in [-0.2, 0) is 11.3 Å². The molecule has 0 aromatic heterocycles. The molecule has 1 aromatic rings. The van der Waals surface area contributed by atoms with Gasteiger partial charge < -0.3 is 20.3 Å². The molecule has 1 amide bonds. The number of unbranched alkanes of at least 4 members (excludes halogenated alkanes) is 3. The average Bonchev–Trinajstić information content (AvgIpc) is 2.67. The first-order valence-corrected chi connectivity index (χ1v) is 9.03. The van der Waals surface area contributed by atoms with Gasteiger partial charge in [-0.3, -0.25) is 9.79 Å². The zero-order valence-corrected chi connectivity index (χ0v) is 19.0. The molecular formula is C20H33IN4O2. The molecule has 7 heteroatoms. The predicted molar refractivity (Wildman–Crippen MR) is 123 cm³/mol. The van der Waals surface area contributed by atoms with E-state index in [1.54, 1.807) is 14.2 Å². The standard InChI is InChI=1S/C20H32N4O2.HI/c1-5-6-7-8-9-14-24(3)20(21-2)23-16-19(25)22-15-17-10-12-18(26-4)13-11-17;/h5,10-13H,1,6-9,14-16H2,2-4H3,(H,21,23)(H,22,25);1H. The van der Waals surface area contributed by atoms with Crippen LogP contribution < -0.4 is 15.4 Å². The highest BCUT2D eigenvalue weighted by molar-refractivity contribution is 14.0. The molecule has 0 bridgehead atoms. The van der Waals surface area contributed by atoms with Gasteiger partial charge in [0, 0.05) is 27.2 Å². The monoisotopic (exact) mass is 488 g/mol. The Balaban J connectivity index is 0.00000676. The lowest BCUT2D eigenvalue weighted by Crippen LogP contribution is -2.44. The maximum Gasteiger partial charge on any atom is 0.239 e. The van der Waals surface area contributed by atoms with Gasteiger partial charge in [-0.05, 0) is 37.0 Å². The molecule has 6 nitrogen and oxygen atoms in total. The summed E-state index contributed by atoms with van der Waals surface area (Å²) in [5, 5.41) is 6.00. The third-order valence-corrected chi connectivity index (χ3v) is 4.03. The highest BCUT2D eigenvalue weighted by Crippen LogP contribution is 2.10. The van der Waals surface area contributed by atoms with Crippen LogP contribution in [0.5, 0.6) is 5.75 Å². The van der Waals surface area contributed by atoms with E-state index in [1.165, 1.54) is 0 Å². The van der Waals surface area contributed by atoms with Crippen LogP contribution in [0.15, 0.2) is 41.9 Å². The molecule has 0 aliphatic heterocycles. The number of amides is 1. The van der Waals surface area contributed by atoms with E-state index >= 15 is 0 Å². The summed E-state index contributed by atoms with van der Waals surface area (Å²) in [6, 6.07) is 7.63. The van der Waals surface area contributed by atoms with Crippen molar-refractivity contribution in [2.45, 2.75) is 32.2 Å². The fourth-order valence-electron chi connectivity index (χ4n) is 2.47. The van der Waals surface area contributed by atoms with Crippen molar-refractivity contribution in [3.8, 4) is 5.75 Å². The summed E-state index contributed by atoms with van der Waals surface area (Å²) >= 11 is 0. The lowest BCUT2D eigenvalue weighted by molar-refractivity contribution is -0.120. The van der Waals surface area contributed by atoms with Gasteiger partial charge in [0.1, 0.15) is 5.75 Å². The average molecular weight is 488 g/mol. The Morgan fingerprint density at radius 2 is 1.93 bits per heavy atom. The van der Waals surface area contributed by atoms with Crippen molar-refractivity contribution >= 4 is 35.8 Å². The molecule has 0 spiro atoms. The van der Waals surface area contributed by atoms with Crippen LogP contribution >= 0.6 is 24.0 Å². The summed E-state index contributed by atoms with van der Waals surface area (Å²) in [5.41, 5.74) is 1.03. The molecule has 152 valence electrons. The molecule has 1 rings (SSSR count). The Labute approximate surface area is 180 Å². The van der Waals surface area contributed by atoms with Crippen molar-refractivity contribution in [1.82, 2.24) is 15.5 Å². The predicted octanol–water partition coefficient (Wildman–Crippen LogP) is 3.18.